The van der Waals surface area contributed by atoms with Gasteiger partial charge in [0.25, 0.3) is 0 Å². The van der Waals surface area contributed by atoms with Crippen LogP contribution in [0.25, 0.3) is 0 Å². The summed E-state index contributed by atoms with van der Waals surface area (Å²) < 4.78 is 5.26. The molecule has 5 heteroatoms. The van der Waals surface area contributed by atoms with Gasteiger partial charge in [-0.15, -0.1) is 24.0 Å². The SMILES string of the molecule is CN=C(NCc1cccc(OC)c1)NCC1CC1c1ccccc1.I. The predicted octanol–water partition coefficient (Wildman–Crippen LogP) is 3.78. The number of halogens is 1. The van der Waals surface area contributed by atoms with Crippen molar-refractivity contribution in [2.45, 2.75) is 18.9 Å². The Morgan fingerprint density at radius 1 is 1.12 bits per heavy atom. The number of benzene rings is 2. The molecule has 1 aliphatic carbocycles. The van der Waals surface area contributed by atoms with Crippen LogP contribution in [0.3, 0.4) is 0 Å². The van der Waals surface area contributed by atoms with Crippen LogP contribution in [0.15, 0.2) is 59.6 Å². The smallest absolute Gasteiger partial charge is 0.191 e. The zero-order chi connectivity index (χ0) is 16.8. The summed E-state index contributed by atoms with van der Waals surface area (Å²) in [7, 11) is 3.49. The summed E-state index contributed by atoms with van der Waals surface area (Å²) in [4.78, 5) is 4.31. The van der Waals surface area contributed by atoms with Crippen molar-refractivity contribution >= 4 is 29.9 Å². The molecule has 0 heterocycles. The van der Waals surface area contributed by atoms with E-state index in [1.165, 1.54) is 17.5 Å². The van der Waals surface area contributed by atoms with Crippen LogP contribution in [0, 0.1) is 5.92 Å². The topological polar surface area (TPSA) is 45.7 Å². The van der Waals surface area contributed by atoms with Gasteiger partial charge in [-0.1, -0.05) is 42.5 Å². The molecule has 2 aromatic rings. The lowest BCUT2D eigenvalue weighted by atomic mass is 10.1. The van der Waals surface area contributed by atoms with Crippen LogP contribution in [0.2, 0.25) is 0 Å². The maximum absolute atomic E-state index is 5.26. The highest BCUT2D eigenvalue weighted by molar-refractivity contribution is 14.0. The van der Waals surface area contributed by atoms with E-state index >= 15 is 0 Å². The molecule has 0 bridgehead atoms. The van der Waals surface area contributed by atoms with Crippen molar-refractivity contribution < 1.29 is 4.74 Å². The normalized spacial score (nSPS) is 18.9. The Kier molecular flexibility index (Phi) is 7.55. The number of aliphatic imine (C=N–C) groups is 1. The van der Waals surface area contributed by atoms with Gasteiger partial charge in [0.1, 0.15) is 5.75 Å². The van der Waals surface area contributed by atoms with Gasteiger partial charge >= 0.3 is 0 Å². The summed E-state index contributed by atoms with van der Waals surface area (Å²) in [5.74, 6) is 3.11. The second kappa shape index (κ2) is 9.65. The number of hydrogen-bond donors (Lipinski definition) is 2. The van der Waals surface area contributed by atoms with Gasteiger partial charge in [-0.25, -0.2) is 0 Å². The first-order chi connectivity index (χ1) is 11.8. The first kappa shape index (κ1) is 19.6. The van der Waals surface area contributed by atoms with E-state index in [2.05, 4.69) is 52.0 Å². The third-order valence-electron chi connectivity index (χ3n) is 4.50. The highest BCUT2D eigenvalue weighted by Gasteiger charge is 2.37. The molecule has 0 aliphatic heterocycles. The molecule has 25 heavy (non-hydrogen) atoms. The van der Waals surface area contributed by atoms with E-state index in [0.717, 1.165) is 24.8 Å². The maximum Gasteiger partial charge on any atom is 0.191 e. The Morgan fingerprint density at radius 2 is 1.92 bits per heavy atom. The standard InChI is InChI=1S/C20H25N3O.HI/c1-21-20(22-13-15-7-6-10-18(11-15)24-2)23-14-17-12-19(17)16-8-4-3-5-9-16;/h3-11,17,19H,12-14H2,1-2H3,(H2,21,22,23);1H. The van der Waals surface area contributed by atoms with Crippen molar-refractivity contribution in [3.8, 4) is 5.75 Å². The van der Waals surface area contributed by atoms with Gasteiger partial charge in [0, 0.05) is 20.1 Å². The molecule has 2 aromatic carbocycles. The first-order valence-electron chi connectivity index (χ1n) is 8.42. The summed E-state index contributed by atoms with van der Waals surface area (Å²) in [5, 5.41) is 6.80. The summed E-state index contributed by atoms with van der Waals surface area (Å²) in [5.41, 5.74) is 2.62. The fourth-order valence-electron chi connectivity index (χ4n) is 3.00. The number of hydrogen-bond acceptors (Lipinski definition) is 2. The highest BCUT2D eigenvalue weighted by atomic mass is 127. The third kappa shape index (κ3) is 5.63. The first-order valence-corrected chi connectivity index (χ1v) is 8.42. The summed E-state index contributed by atoms with van der Waals surface area (Å²) in [6.45, 7) is 1.68. The van der Waals surface area contributed by atoms with Crippen molar-refractivity contribution in [2.75, 3.05) is 20.7 Å². The van der Waals surface area contributed by atoms with Crippen LogP contribution in [-0.4, -0.2) is 26.7 Å². The van der Waals surface area contributed by atoms with Gasteiger partial charge in [-0.05, 0) is 41.5 Å². The summed E-state index contributed by atoms with van der Waals surface area (Å²) in [6, 6.07) is 18.8. The lowest BCUT2D eigenvalue weighted by molar-refractivity contribution is 0.414. The Hall–Kier alpha value is -1.76. The van der Waals surface area contributed by atoms with Gasteiger partial charge in [-0.3, -0.25) is 4.99 Å². The molecule has 1 fully saturated rings. The third-order valence-corrected chi connectivity index (χ3v) is 4.50. The van der Waals surface area contributed by atoms with Crippen LogP contribution in [0.5, 0.6) is 5.75 Å². The van der Waals surface area contributed by atoms with Gasteiger partial charge < -0.3 is 15.4 Å². The molecule has 3 rings (SSSR count). The Bertz CT molecular complexity index is 690. The average molecular weight is 451 g/mol. The Morgan fingerprint density at radius 3 is 2.64 bits per heavy atom. The highest BCUT2D eigenvalue weighted by Crippen LogP contribution is 2.46. The van der Waals surface area contributed by atoms with E-state index in [1.807, 2.05) is 25.2 Å². The number of guanidine groups is 1. The predicted molar refractivity (Wildman–Crippen MR) is 114 cm³/mol. The zero-order valence-electron chi connectivity index (χ0n) is 14.7. The van der Waals surface area contributed by atoms with Gasteiger partial charge in [0.05, 0.1) is 7.11 Å². The minimum Gasteiger partial charge on any atom is -0.497 e. The van der Waals surface area contributed by atoms with Crippen molar-refractivity contribution in [3.05, 3.63) is 65.7 Å². The van der Waals surface area contributed by atoms with Crippen LogP contribution in [0.4, 0.5) is 0 Å². The molecule has 134 valence electrons. The molecule has 2 unspecified atom stereocenters. The molecule has 2 atom stereocenters. The minimum absolute atomic E-state index is 0. The molecule has 0 saturated heterocycles. The molecule has 0 spiro atoms. The van der Waals surface area contributed by atoms with E-state index in [9.17, 15) is 0 Å². The van der Waals surface area contributed by atoms with Crippen LogP contribution in [0.1, 0.15) is 23.5 Å². The second-order valence-electron chi connectivity index (χ2n) is 6.17. The van der Waals surface area contributed by atoms with E-state index in [4.69, 9.17) is 4.74 Å². The van der Waals surface area contributed by atoms with Crippen LogP contribution < -0.4 is 15.4 Å². The average Bonchev–Trinajstić information content (AvgIpc) is 3.42. The lowest BCUT2D eigenvalue weighted by Gasteiger charge is -2.12. The molecule has 2 N–H and O–H groups in total. The molecule has 1 aliphatic rings. The van der Waals surface area contributed by atoms with Crippen LogP contribution >= 0.6 is 24.0 Å². The van der Waals surface area contributed by atoms with E-state index < -0.39 is 0 Å². The zero-order valence-corrected chi connectivity index (χ0v) is 17.1. The molecule has 1 saturated carbocycles. The molecule has 4 nitrogen and oxygen atoms in total. The van der Waals surface area contributed by atoms with Crippen molar-refractivity contribution in [2.24, 2.45) is 10.9 Å². The number of ether oxygens (including phenoxy) is 1. The number of rotatable bonds is 6. The van der Waals surface area contributed by atoms with Crippen molar-refractivity contribution in [3.63, 3.8) is 0 Å². The minimum atomic E-state index is 0. The molecule has 0 radical (unpaired) electrons. The number of nitrogens with one attached hydrogen (secondary N) is 2. The number of nitrogens with zero attached hydrogens (tertiary/aromatic N) is 1. The lowest BCUT2D eigenvalue weighted by Crippen LogP contribution is -2.38. The van der Waals surface area contributed by atoms with Crippen LogP contribution in [-0.2, 0) is 6.54 Å². The van der Waals surface area contributed by atoms with Gasteiger partial charge in [-0.2, -0.15) is 0 Å². The van der Waals surface area contributed by atoms with Crippen molar-refractivity contribution in [1.29, 1.82) is 0 Å². The summed E-state index contributed by atoms with van der Waals surface area (Å²) >= 11 is 0. The second-order valence-corrected chi connectivity index (χ2v) is 6.17. The quantitative estimate of drug-likeness (QED) is 0.399. The Balaban J connectivity index is 0.00000225. The molecular formula is C20H26IN3O. The largest absolute Gasteiger partial charge is 0.497 e. The van der Waals surface area contributed by atoms with E-state index in [1.54, 1.807) is 7.11 Å². The molecule has 0 amide bonds. The fraction of sp³-hybridized carbons (Fsp3) is 0.350. The number of methoxy groups -OCH3 is 1. The van der Waals surface area contributed by atoms with Gasteiger partial charge in [0.15, 0.2) is 5.96 Å². The van der Waals surface area contributed by atoms with Gasteiger partial charge in [0.2, 0.25) is 0 Å². The fourth-order valence-corrected chi connectivity index (χ4v) is 3.00. The van der Waals surface area contributed by atoms with E-state index in [-0.39, 0.29) is 24.0 Å². The van der Waals surface area contributed by atoms with E-state index in [0.29, 0.717) is 11.8 Å². The molecule has 0 aromatic heterocycles. The molecular weight excluding hydrogens is 425 g/mol. The maximum atomic E-state index is 5.26. The van der Waals surface area contributed by atoms with Crippen molar-refractivity contribution in [1.82, 2.24) is 10.6 Å². The summed E-state index contributed by atoms with van der Waals surface area (Å²) in [6.07, 6.45) is 1.25. The monoisotopic (exact) mass is 451 g/mol. The Labute approximate surface area is 167 Å².